The van der Waals surface area contributed by atoms with Gasteiger partial charge in [0.15, 0.2) is 5.82 Å². The Labute approximate surface area is 171 Å². The van der Waals surface area contributed by atoms with Gasteiger partial charge in [0, 0.05) is 29.2 Å². The zero-order valence-electron chi connectivity index (χ0n) is 15.5. The fourth-order valence-corrected chi connectivity index (χ4v) is 2.71. The maximum Gasteiger partial charge on any atom is 0.251 e. The van der Waals surface area contributed by atoms with E-state index in [9.17, 15) is 14.0 Å². The van der Waals surface area contributed by atoms with Gasteiger partial charge in [0.2, 0.25) is 5.91 Å². The molecule has 0 unspecified atom stereocenters. The highest BCUT2D eigenvalue weighted by molar-refractivity contribution is 6.30. The van der Waals surface area contributed by atoms with Crippen molar-refractivity contribution in [1.29, 1.82) is 0 Å². The lowest BCUT2D eigenvalue weighted by Gasteiger charge is -2.09. The van der Waals surface area contributed by atoms with Crippen LogP contribution in [0.1, 0.15) is 29.0 Å². The van der Waals surface area contributed by atoms with Gasteiger partial charge in [-0.1, -0.05) is 11.6 Å². The highest BCUT2D eigenvalue weighted by atomic mass is 35.5. The summed E-state index contributed by atoms with van der Waals surface area (Å²) in [6.07, 6.45) is 0.642. The molecule has 8 nitrogen and oxygen atoms in total. The molecule has 150 valence electrons. The highest BCUT2D eigenvalue weighted by Gasteiger charge is 2.12. The van der Waals surface area contributed by atoms with Gasteiger partial charge < -0.3 is 10.6 Å². The van der Waals surface area contributed by atoms with Crippen molar-refractivity contribution in [3.8, 4) is 5.69 Å². The first-order valence-electron chi connectivity index (χ1n) is 8.82. The SMILES string of the molecule is Cc1nnnn1-c1cc(NC(=O)CCCNC(=O)c2ccc(Cl)cc2)ccc1F. The number of amides is 2. The minimum Gasteiger partial charge on any atom is -0.352 e. The molecule has 1 heterocycles. The van der Waals surface area contributed by atoms with Gasteiger partial charge in [-0.15, -0.1) is 5.10 Å². The van der Waals surface area contributed by atoms with Crippen LogP contribution in [-0.2, 0) is 4.79 Å². The van der Waals surface area contributed by atoms with Crippen molar-refractivity contribution >= 4 is 29.1 Å². The van der Waals surface area contributed by atoms with Crippen molar-refractivity contribution in [2.45, 2.75) is 19.8 Å². The number of nitrogens with zero attached hydrogens (tertiary/aromatic N) is 4. The molecule has 3 rings (SSSR count). The molecule has 0 fully saturated rings. The molecule has 0 atom stereocenters. The van der Waals surface area contributed by atoms with Crippen LogP contribution in [0.3, 0.4) is 0 Å². The van der Waals surface area contributed by atoms with Crippen molar-refractivity contribution in [3.63, 3.8) is 0 Å². The van der Waals surface area contributed by atoms with Crippen LogP contribution in [0.2, 0.25) is 5.02 Å². The third kappa shape index (κ3) is 5.35. The Hall–Kier alpha value is -3.33. The minimum absolute atomic E-state index is 0.139. The number of benzene rings is 2. The average molecular weight is 417 g/mol. The largest absolute Gasteiger partial charge is 0.352 e. The standard InChI is InChI=1S/C19H18ClFN6O2/c1-12-24-25-26-27(12)17-11-15(8-9-16(17)21)23-18(28)3-2-10-22-19(29)13-4-6-14(20)7-5-13/h4-9,11H,2-3,10H2,1H3,(H,22,29)(H,23,28). The lowest BCUT2D eigenvalue weighted by atomic mass is 10.2. The summed E-state index contributed by atoms with van der Waals surface area (Å²) in [6.45, 7) is 1.98. The van der Waals surface area contributed by atoms with Gasteiger partial charge >= 0.3 is 0 Å². The number of tetrazole rings is 1. The Morgan fingerprint density at radius 1 is 1.17 bits per heavy atom. The molecule has 0 radical (unpaired) electrons. The Kier molecular flexibility index (Phi) is 6.50. The van der Waals surface area contributed by atoms with Gasteiger partial charge in [0.05, 0.1) is 0 Å². The normalized spacial score (nSPS) is 10.6. The van der Waals surface area contributed by atoms with E-state index in [4.69, 9.17) is 11.6 Å². The van der Waals surface area contributed by atoms with Crippen molar-refractivity contribution in [3.05, 3.63) is 64.7 Å². The Morgan fingerprint density at radius 3 is 2.62 bits per heavy atom. The quantitative estimate of drug-likeness (QED) is 0.576. The summed E-state index contributed by atoms with van der Waals surface area (Å²) in [7, 11) is 0. The van der Waals surface area contributed by atoms with Crippen LogP contribution in [0, 0.1) is 12.7 Å². The van der Waals surface area contributed by atoms with Crippen LogP contribution in [0.5, 0.6) is 0 Å². The molecule has 0 saturated heterocycles. The number of anilines is 1. The molecular weight excluding hydrogens is 399 g/mol. The van der Waals surface area contributed by atoms with Crippen molar-refractivity contribution in [1.82, 2.24) is 25.5 Å². The number of carbonyl (C=O) groups excluding carboxylic acids is 2. The van der Waals surface area contributed by atoms with Crippen LogP contribution in [0.15, 0.2) is 42.5 Å². The molecule has 29 heavy (non-hydrogen) atoms. The number of aryl methyl sites for hydroxylation is 1. The second-order valence-corrected chi connectivity index (χ2v) is 6.66. The Morgan fingerprint density at radius 2 is 1.93 bits per heavy atom. The molecular formula is C19H18ClFN6O2. The summed E-state index contributed by atoms with van der Waals surface area (Å²) in [6, 6.07) is 10.7. The fourth-order valence-electron chi connectivity index (χ4n) is 2.58. The molecule has 0 spiro atoms. The van der Waals surface area contributed by atoms with Crippen LogP contribution >= 0.6 is 11.6 Å². The van der Waals surface area contributed by atoms with E-state index in [0.29, 0.717) is 35.1 Å². The van der Waals surface area contributed by atoms with E-state index >= 15 is 0 Å². The third-order valence-corrected chi connectivity index (χ3v) is 4.31. The zero-order valence-corrected chi connectivity index (χ0v) is 16.3. The molecule has 2 amide bonds. The van der Waals surface area contributed by atoms with Crippen LogP contribution < -0.4 is 10.6 Å². The predicted molar refractivity (Wildman–Crippen MR) is 105 cm³/mol. The number of rotatable bonds is 7. The maximum atomic E-state index is 14.1. The van der Waals surface area contributed by atoms with E-state index in [1.54, 1.807) is 31.2 Å². The molecule has 0 aliphatic rings. The molecule has 2 N–H and O–H groups in total. The Balaban J connectivity index is 1.49. The summed E-state index contributed by atoms with van der Waals surface area (Å²) < 4.78 is 15.3. The van der Waals surface area contributed by atoms with E-state index in [0.717, 1.165) is 0 Å². The van der Waals surface area contributed by atoms with Crippen LogP contribution in [0.25, 0.3) is 5.69 Å². The first-order chi connectivity index (χ1) is 13.9. The molecule has 0 bridgehead atoms. The van der Waals surface area contributed by atoms with Gasteiger partial charge in [0.25, 0.3) is 5.91 Å². The van der Waals surface area contributed by atoms with Gasteiger partial charge in [-0.05, 0) is 66.2 Å². The summed E-state index contributed by atoms with van der Waals surface area (Å²) in [4.78, 5) is 24.1. The van der Waals surface area contributed by atoms with Gasteiger partial charge in [-0.3, -0.25) is 9.59 Å². The number of hydrogen-bond donors (Lipinski definition) is 2. The average Bonchev–Trinajstić information content (AvgIpc) is 3.13. The number of nitrogens with one attached hydrogen (secondary N) is 2. The number of carbonyl (C=O) groups is 2. The first kappa shape index (κ1) is 20.4. The summed E-state index contributed by atoms with van der Waals surface area (Å²) >= 11 is 5.79. The second-order valence-electron chi connectivity index (χ2n) is 6.22. The third-order valence-electron chi connectivity index (χ3n) is 4.06. The monoisotopic (exact) mass is 416 g/mol. The maximum absolute atomic E-state index is 14.1. The summed E-state index contributed by atoms with van der Waals surface area (Å²) in [5, 5.41) is 16.9. The number of hydrogen-bond acceptors (Lipinski definition) is 5. The topological polar surface area (TPSA) is 102 Å². The molecule has 10 heteroatoms. The predicted octanol–water partition coefficient (Wildman–Crippen LogP) is 2.91. The highest BCUT2D eigenvalue weighted by Crippen LogP contribution is 2.19. The minimum atomic E-state index is -0.511. The van der Waals surface area contributed by atoms with Crippen molar-refractivity contribution < 1.29 is 14.0 Å². The van der Waals surface area contributed by atoms with E-state index in [2.05, 4.69) is 26.2 Å². The molecule has 3 aromatic rings. The molecule has 2 aromatic carbocycles. The number of halogens is 2. The van der Waals surface area contributed by atoms with Gasteiger partial charge in [0.1, 0.15) is 11.5 Å². The molecule has 0 saturated carbocycles. The van der Waals surface area contributed by atoms with Crippen LogP contribution in [0.4, 0.5) is 10.1 Å². The zero-order chi connectivity index (χ0) is 20.8. The first-order valence-corrected chi connectivity index (χ1v) is 9.20. The van der Waals surface area contributed by atoms with E-state index in [-0.39, 0.29) is 23.9 Å². The lowest BCUT2D eigenvalue weighted by Crippen LogP contribution is -2.25. The molecule has 0 aliphatic carbocycles. The fraction of sp³-hybridized carbons (Fsp3) is 0.211. The van der Waals surface area contributed by atoms with E-state index < -0.39 is 5.82 Å². The van der Waals surface area contributed by atoms with Crippen molar-refractivity contribution in [2.24, 2.45) is 0 Å². The van der Waals surface area contributed by atoms with Gasteiger partial charge in [-0.25, -0.2) is 4.39 Å². The number of aromatic nitrogens is 4. The summed E-state index contributed by atoms with van der Waals surface area (Å²) in [5.74, 6) is -0.578. The van der Waals surface area contributed by atoms with Gasteiger partial charge in [-0.2, -0.15) is 4.68 Å². The summed E-state index contributed by atoms with van der Waals surface area (Å²) in [5.41, 5.74) is 1.06. The Bertz CT molecular complexity index is 1020. The van der Waals surface area contributed by atoms with Crippen molar-refractivity contribution in [2.75, 3.05) is 11.9 Å². The smallest absolute Gasteiger partial charge is 0.251 e. The van der Waals surface area contributed by atoms with E-state index in [1.165, 1.54) is 22.9 Å². The molecule has 1 aromatic heterocycles. The van der Waals surface area contributed by atoms with Crippen LogP contribution in [-0.4, -0.2) is 38.6 Å². The second kappa shape index (κ2) is 9.24. The lowest BCUT2D eigenvalue weighted by molar-refractivity contribution is -0.116. The molecule has 0 aliphatic heterocycles. The van der Waals surface area contributed by atoms with E-state index in [1.807, 2.05) is 0 Å².